The topological polar surface area (TPSA) is 167 Å². The maximum atomic E-state index is 13.4. The van der Waals surface area contributed by atoms with Crippen molar-refractivity contribution >= 4 is 63.4 Å². The Morgan fingerprint density at radius 1 is 0.923 bits per heavy atom. The fourth-order valence-electron chi connectivity index (χ4n) is 6.35. The number of fused-ring (bicyclic) bond motifs is 1. The largest absolute Gasteiger partial charge is 0.454 e. The van der Waals surface area contributed by atoms with E-state index in [0.717, 1.165) is 23.4 Å². The smallest absolute Gasteiger partial charge is 0.422 e. The van der Waals surface area contributed by atoms with Gasteiger partial charge >= 0.3 is 24.0 Å². The summed E-state index contributed by atoms with van der Waals surface area (Å²) < 4.78 is 43.7. The zero-order valence-corrected chi connectivity index (χ0v) is 29.2. The van der Waals surface area contributed by atoms with Crippen molar-refractivity contribution in [1.82, 2.24) is 34.9 Å². The Balaban J connectivity index is 0.970. The molecule has 2 saturated heterocycles. The molecule has 2 unspecified atom stereocenters. The lowest BCUT2D eigenvalue weighted by atomic mass is 10.0. The first-order chi connectivity index (χ1) is 24.9. The number of ether oxygens (including phenoxy) is 1. The van der Waals surface area contributed by atoms with E-state index in [1.54, 1.807) is 41.3 Å². The fourth-order valence-corrected chi connectivity index (χ4v) is 7.15. The van der Waals surface area contributed by atoms with Crippen LogP contribution in [0.15, 0.2) is 48.5 Å². The molecular formula is C33H32ClF3N10O4S. The molecule has 3 fully saturated rings. The number of nitrogens with zero attached hydrogens (tertiary/aromatic N) is 7. The third-order valence-corrected chi connectivity index (χ3v) is 10.3. The zero-order valence-electron chi connectivity index (χ0n) is 27.6. The van der Waals surface area contributed by atoms with E-state index in [1.165, 1.54) is 16.2 Å². The van der Waals surface area contributed by atoms with Gasteiger partial charge in [0.15, 0.2) is 6.61 Å². The molecule has 2 aromatic heterocycles. The normalized spacial score (nSPS) is 18.9. The Labute approximate surface area is 304 Å². The lowest BCUT2D eigenvalue weighted by Gasteiger charge is -2.21. The number of likely N-dealkylation sites (tertiary alicyclic amines) is 2. The number of aromatic nitrogens is 5. The SMILES string of the molecule is CCc1nnc(NC(=O)C(=O)N2CC3CN(C(=O)c4ccc(Nc5nc(NC6(c7ccc(Cl)cc7)CC6)nc(OCC(F)(F)F)n5)cc4)CC3C2)s1. The van der Waals surface area contributed by atoms with Crippen LogP contribution in [0.5, 0.6) is 6.01 Å². The van der Waals surface area contributed by atoms with Crippen molar-refractivity contribution < 1.29 is 32.3 Å². The van der Waals surface area contributed by atoms with Gasteiger partial charge in [-0.3, -0.25) is 19.7 Å². The van der Waals surface area contributed by atoms with Crippen LogP contribution in [0.4, 0.5) is 35.9 Å². The van der Waals surface area contributed by atoms with E-state index in [1.807, 2.05) is 19.1 Å². The van der Waals surface area contributed by atoms with Crippen LogP contribution < -0.4 is 20.7 Å². The van der Waals surface area contributed by atoms with Gasteiger partial charge in [-0.25, -0.2) is 0 Å². The van der Waals surface area contributed by atoms with Crippen LogP contribution >= 0.6 is 22.9 Å². The Bertz CT molecular complexity index is 1960. The molecule has 3 amide bonds. The number of nitrogens with one attached hydrogen (secondary N) is 3. The van der Waals surface area contributed by atoms with E-state index in [-0.39, 0.29) is 34.8 Å². The van der Waals surface area contributed by atoms with Gasteiger partial charge in [0.1, 0.15) is 5.01 Å². The summed E-state index contributed by atoms with van der Waals surface area (Å²) in [5, 5.41) is 18.1. The fraction of sp³-hybridized carbons (Fsp3) is 0.394. The number of halogens is 4. The molecule has 2 atom stereocenters. The van der Waals surface area contributed by atoms with Crippen molar-refractivity contribution in [2.45, 2.75) is 37.9 Å². The van der Waals surface area contributed by atoms with Crippen LogP contribution in [0.2, 0.25) is 5.02 Å². The molecule has 2 aromatic carbocycles. The number of anilines is 4. The predicted molar refractivity (Wildman–Crippen MR) is 184 cm³/mol. The van der Waals surface area contributed by atoms with Crippen LogP contribution in [0.3, 0.4) is 0 Å². The molecule has 14 nitrogen and oxygen atoms in total. The number of amides is 3. The molecule has 1 saturated carbocycles. The standard InChI is InChI=1S/C33H32ClF3N10O4S/c1-2-24-44-45-31(52-24)39-25(48)27(50)47-15-19-13-46(14-20(19)16-47)26(49)18-3-9-23(10-4-18)38-28-40-29(42-30(41-28)51-17-33(35,36)37)43-32(11-12-32)21-5-7-22(34)8-6-21/h3-10,19-20H,2,11-17H2,1H3,(H,39,45,48)(H2,38,40,41,42,43). The molecule has 3 N–H and O–H groups in total. The number of carbonyl (C=O) groups excluding carboxylic acids is 3. The molecule has 0 bridgehead atoms. The summed E-state index contributed by atoms with van der Waals surface area (Å²) in [5.41, 5.74) is 1.31. The van der Waals surface area contributed by atoms with Crippen molar-refractivity contribution in [3.05, 3.63) is 69.7 Å². The van der Waals surface area contributed by atoms with Crippen molar-refractivity contribution in [3.8, 4) is 6.01 Å². The van der Waals surface area contributed by atoms with Gasteiger partial charge in [-0.05, 0) is 61.2 Å². The van der Waals surface area contributed by atoms with Gasteiger partial charge in [0.05, 0.1) is 5.54 Å². The Morgan fingerprint density at radius 3 is 2.19 bits per heavy atom. The predicted octanol–water partition coefficient (Wildman–Crippen LogP) is 4.89. The van der Waals surface area contributed by atoms with Crippen LogP contribution in [0.25, 0.3) is 0 Å². The Kier molecular flexibility index (Phi) is 9.60. The minimum absolute atomic E-state index is 0.0248. The number of rotatable bonds is 10. The Hall–Kier alpha value is -5.10. The molecule has 0 spiro atoms. The van der Waals surface area contributed by atoms with Gasteiger partial charge in [-0.15, -0.1) is 10.2 Å². The van der Waals surface area contributed by atoms with E-state index in [4.69, 9.17) is 16.3 Å². The van der Waals surface area contributed by atoms with E-state index in [0.29, 0.717) is 48.9 Å². The molecule has 3 aliphatic rings. The number of benzene rings is 2. The van der Waals surface area contributed by atoms with E-state index in [2.05, 4.69) is 41.1 Å². The van der Waals surface area contributed by atoms with Gasteiger partial charge in [-0.2, -0.15) is 28.1 Å². The first-order valence-corrected chi connectivity index (χ1v) is 17.6. The first-order valence-electron chi connectivity index (χ1n) is 16.5. The molecule has 0 radical (unpaired) electrons. The lowest BCUT2D eigenvalue weighted by Crippen LogP contribution is -2.40. The average molecular weight is 757 g/mol. The van der Waals surface area contributed by atoms with Crippen molar-refractivity contribution in [3.63, 3.8) is 0 Å². The number of aryl methyl sites for hydroxylation is 1. The van der Waals surface area contributed by atoms with Gasteiger partial charge in [-0.1, -0.05) is 42.0 Å². The minimum Gasteiger partial charge on any atom is -0.454 e. The second-order valence-electron chi connectivity index (χ2n) is 12.8. The second-order valence-corrected chi connectivity index (χ2v) is 14.3. The monoisotopic (exact) mass is 756 g/mol. The van der Waals surface area contributed by atoms with Gasteiger partial charge in [0.25, 0.3) is 5.91 Å². The molecule has 19 heteroatoms. The number of hydrogen-bond donors (Lipinski definition) is 3. The average Bonchev–Trinajstić information content (AvgIpc) is 3.39. The van der Waals surface area contributed by atoms with E-state index >= 15 is 0 Å². The minimum atomic E-state index is -4.60. The zero-order chi connectivity index (χ0) is 36.6. The quantitative estimate of drug-likeness (QED) is 0.189. The molecule has 272 valence electrons. The van der Waals surface area contributed by atoms with Gasteiger partial charge in [0, 0.05) is 54.3 Å². The molecule has 1 aliphatic carbocycles. The Morgan fingerprint density at radius 2 is 1.58 bits per heavy atom. The molecule has 7 rings (SSSR count). The van der Waals surface area contributed by atoms with Crippen LogP contribution in [0, 0.1) is 11.8 Å². The highest BCUT2D eigenvalue weighted by Gasteiger charge is 2.46. The van der Waals surface area contributed by atoms with E-state index in [9.17, 15) is 27.6 Å². The van der Waals surface area contributed by atoms with Crippen molar-refractivity contribution in [2.75, 3.05) is 48.7 Å². The summed E-state index contributed by atoms with van der Waals surface area (Å²) in [5.74, 6) is -1.57. The molecule has 4 aromatic rings. The number of carbonyl (C=O) groups is 3. The molecular weight excluding hydrogens is 725 g/mol. The highest BCUT2D eigenvalue weighted by atomic mass is 35.5. The number of alkyl halides is 3. The van der Waals surface area contributed by atoms with Crippen molar-refractivity contribution in [2.24, 2.45) is 11.8 Å². The molecule has 4 heterocycles. The molecule has 2 aliphatic heterocycles. The maximum absolute atomic E-state index is 13.4. The second kappa shape index (κ2) is 14.1. The van der Waals surface area contributed by atoms with Crippen LogP contribution in [-0.4, -0.2) is 91.6 Å². The van der Waals surface area contributed by atoms with Gasteiger partial charge in [0.2, 0.25) is 17.0 Å². The third kappa shape index (κ3) is 8.02. The molecule has 52 heavy (non-hydrogen) atoms. The van der Waals surface area contributed by atoms with Crippen molar-refractivity contribution in [1.29, 1.82) is 0 Å². The van der Waals surface area contributed by atoms with Crippen LogP contribution in [0.1, 0.15) is 40.7 Å². The lowest BCUT2D eigenvalue weighted by molar-refractivity contribution is -0.154. The summed E-state index contributed by atoms with van der Waals surface area (Å²) >= 11 is 7.26. The summed E-state index contributed by atoms with van der Waals surface area (Å²) in [6.07, 6.45) is -2.43. The summed E-state index contributed by atoms with van der Waals surface area (Å²) in [7, 11) is 0. The number of hydrogen-bond acceptors (Lipinski definition) is 12. The first kappa shape index (κ1) is 35.3. The highest BCUT2D eigenvalue weighted by Crippen LogP contribution is 2.48. The van der Waals surface area contributed by atoms with Gasteiger partial charge < -0.3 is 25.2 Å². The maximum Gasteiger partial charge on any atom is 0.422 e. The summed E-state index contributed by atoms with van der Waals surface area (Å²) in [4.78, 5) is 54.5. The van der Waals surface area contributed by atoms with E-state index < -0.39 is 36.1 Å². The summed E-state index contributed by atoms with van der Waals surface area (Å²) in [6, 6.07) is 13.2. The van der Waals surface area contributed by atoms with Crippen LogP contribution in [-0.2, 0) is 21.5 Å². The summed E-state index contributed by atoms with van der Waals surface area (Å²) in [6.45, 7) is 1.93. The highest BCUT2D eigenvalue weighted by molar-refractivity contribution is 7.15. The third-order valence-electron chi connectivity index (χ3n) is 9.11.